The second kappa shape index (κ2) is 6.80. The molecule has 3 aromatic rings. The molecule has 5 nitrogen and oxygen atoms in total. The Labute approximate surface area is 143 Å². The number of aliphatic carboxylic acids is 1. The summed E-state index contributed by atoms with van der Waals surface area (Å²) in [4.78, 5) is 28.1. The van der Waals surface area contributed by atoms with Crippen LogP contribution >= 0.6 is 11.3 Å². The predicted octanol–water partition coefficient (Wildman–Crippen LogP) is 3.89. The molecule has 1 aromatic carbocycles. The van der Waals surface area contributed by atoms with Gasteiger partial charge in [0, 0.05) is 23.9 Å². The first-order chi connectivity index (χ1) is 11.6. The number of Topliss-reactive ketones (excluding diaryl/α,β-unsaturated/α-hetero) is 1. The molecule has 6 heteroatoms. The van der Waals surface area contributed by atoms with E-state index in [0.29, 0.717) is 4.88 Å². The summed E-state index contributed by atoms with van der Waals surface area (Å²) in [5.74, 6) is -0.843. The molecule has 24 heavy (non-hydrogen) atoms. The lowest BCUT2D eigenvalue weighted by atomic mass is 10.0. The van der Waals surface area contributed by atoms with Gasteiger partial charge in [-0.25, -0.2) is 4.98 Å². The number of ketones is 1. The van der Waals surface area contributed by atoms with Crippen LogP contribution in [0.25, 0.3) is 16.4 Å². The van der Waals surface area contributed by atoms with Gasteiger partial charge in [-0.1, -0.05) is 37.3 Å². The first-order valence-electron chi connectivity index (χ1n) is 7.51. The van der Waals surface area contributed by atoms with Crippen LogP contribution in [0.15, 0.2) is 54.9 Å². The van der Waals surface area contributed by atoms with Crippen LogP contribution in [-0.4, -0.2) is 26.4 Å². The van der Waals surface area contributed by atoms with Crippen molar-refractivity contribution in [1.29, 1.82) is 0 Å². The molecule has 2 aromatic heterocycles. The Morgan fingerprint density at radius 1 is 1.21 bits per heavy atom. The second-order valence-electron chi connectivity index (χ2n) is 5.49. The van der Waals surface area contributed by atoms with Crippen molar-refractivity contribution >= 4 is 23.1 Å². The molecule has 1 unspecified atom stereocenters. The quantitative estimate of drug-likeness (QED) is 0.691. The van der Waals surface area contributed by atoms with Crippen molar-refractivity contribution in [3.05, 3.63) is 59.7 Å². The Bertz CT molecular complexity index is 867. The predicted molar refractivity (Wildman–Crippen MR) is 92.6 cm³/mol. The van der Waals surface area contributed by atoms with E-state index in [4.69, 9.17) is 5.11 Å². The van der Waals surface area contributed by atoms with Crippen molar-refractivity contribution < 1.29 is 14.7 Å². The molecule has 122 valence electrons. The van der Waals surface area contributed by atoms with Gasteiger partial charge in [0.05, 0.1) is 11.3 Å². The van der Waals surface area contributed by atoms with Crippen LogP contribution < -0.4 is 0 Å². The van der Waals surface area contributed by atoms with Crippen molar-refractivity contribution in [2.75, 3.05) is 0 Å². The van der Waals surface area contributed by atoms with Crippen LogP contribution in [0.3, 0.4) is 0 Å². The summed E-state index contributed by atoms with van der Waals surface area (Å²) < 4.78 is 1.93. The Morgan fingerprint density at radius 2 is 1.96 bits per heavy atom. The molecule has 0 radical (unpaired) electrons. The number of benzene rings is 1. The Morgan fingerprint density at radius 3 is 2.67 bits per heavy atom. The maximum atomic E-state index is 12.3. The van der Waals surface area contributed by atoms with E-state index in [9.17, 15) is 9.59 Å². The standard InChI is InChI=1S/C18H16N2O3S/c1-12(11-16(21)22)17(23)14-7-8-15(24-14)20-10-9-19-18(20)13-5-3-2-4-6-13/h2-10,12H,11H2,1H3,(H,21,22). The first kappa shape index (κ1) is 16.1. The van der Waals surface area contributed by atoms with E-state index < -0.39 is 11.9 Å². The maximum absolute atomic E-state index is 12.3. The van der Waals surface area contributed by atoms with Crippen molar-refractivity contribution in [3.8, 4) is 16.4 Å². The minimum absolute atomic E-state index is 0.143. The average Bonchev–Trinajstić information content (AvgIpc) is 3.23. The molecule has 3 rings (SSSR count). The molecule has 2 heterocycles. The number of aromatic nitrogens is 2. The molecular weight excluding hydrogens is 324 g/mol. The summed E-state index contributed by atoms with van der Waals surface area (Å²) >= 11 is 1.34. The zero-order chi connectivity index (χ0) is 17.1. The summed E-state index contributed by atoms with van der Waals surface area (Å²) in [7, 11) is 0. The third kappa shape index (κ3) is 3.28. The smallest absolute Gasteiger partial charge is 0.304 e. The van der Waals surface area contributed by atoms with Gasteiger partial charge in [-0.05, 0) is 12.1 Å². The summed E-state index contributed by atoms with van der Waals surface area (Å²) in [6.45, 7) is 1.64. The monoisotopic (exact) mass is 340 g/mol. The number of rotatable bonds is 6. The van der Waals surface area contributed by atoms with Crippen LogP contribution in [0.2, 0.25) is 0 Å². The van der Waals surface area contributed by atoms with E-state index in [1.165, 1.54) is 11.3 Å². The van der Waals surface area contributed by atoms with Crippen molar-refractivity contribution in [1.82, 2.24) is 9.55 Å². The van der Waals surface area contributed by atoms with Crippen LogP contribution in [0.1, 0.15) is 23.0 Å². The molecule has 0 bridgehead atoms. The number of carboxylic acids is 1. The Kier molecular flexibility index (Phi) is 4.57. The fourth-order valence-corrected chi connectivity index (χ4v) is 3.51. The van der Waals surface area contributed by atoms with Gasteiger partial charge in [0.15, 0.2) is 5.78 Å². The normalized spacial score (nSPS) is 12.0. The van der Waals surface area contributed by atoms with Crippen LogP contribution in [-0.2, 0) is 4.79 Å². The van der Waals surface area contributed by atoms with Gasteiger partial charge in [-0.15, -0.1) is 11.3 Å². The highest BCUT2D eigenvalue weighted by Crippen LogP contribution is 2.28. The highest BCUT2D eigenvalue weighted by Gasteiger charge is 2.20. The molecule has 0 aliphatic rings. The van der Waals surface area contributed by atoms with Gasteiger partial charge in [0.25, 0.3) is 0 Å². The molecular formula is C18H16N2O3S. The zero-order valence-electron chi connectivity index (χ0n) is 13.0. The van der Waals surface area contributed by atoms with Gasteiger partial charge in [0.1, 0.15) is 10.8 Å². The molecule has 0 amide bonds. The lowest BCUT2D eigenvalue weighted by Crippen LogP contribution is -2.14. The number of thiophene rings is 1. The zero-order valence-corrected chi connectivity index (χ0v) is 13.9. The summed E-state index contributed by atoms with van der Waals surface area (Å²) in [6.07, 6.45) is 3.41. The molecule has 0 saturated heterocycles. The summed E-state index contributed by atoms with van der Waals surface area (Å²) in [5.41, 5.74) is 0.989. The number of carbonyl (C=O) groups excluding carboxylic acids is 1. The fourth-order valence-electron chi connectivity index (χ4n) is 2.47. The van der Waals surface area contributed by atoms with Crippen LogP contribution in [0.4, 0.5) is 0 Å². The number of nitrogens with zero attached hydrogens (tertiary/aromatic N) is 2. The van der Waals surface area contributed by atoms with E-state index >= 15 is 0 Å². The minimum Gasteiger partial charge on any atom is -0.481 e. The number of imidazole rings is 1. The van der Waals surface area contributed by atoms with E-state index in [-0.39, 0.29) is 12.2 Å². The molecule has 0 spiro atoms. The topological polar surface area (TPSA) is 72.2 Å². The summed E-state index contributed by atoms with van der Waals surface area (Å²) in [6, 6.07) is 13.4. The van der Waals surface area contributed by atoms with E-state index in [0.717, 1.165) is 16.4 Å². The average molecular weight is 340 g/mol. The number of carboxylic acid groups (broad SMARTS) is 1. The van der Waals surface area contributed by atoms with Gasteiger partial charge in [-0.3, -0.25) is 14.2 Å². The van der Waals surface area contributed by atoms with E-state index in [1.807, 2.05) is 47.2 Å². The van der Waals surface area contributed by atoms with Crippen LogP contribution in [0.5, 0.6) is 0 Å². The van der Waals surface area contributed by atoms with E-state index in [1.54, 1.807) is 19.2 Å². The number of hydrogen-bond acceptors (Lipinski definition) is 4. The summed E-state index contributed by atoms with van der Waals surface area (Å²) in [5, 5.41) is 9.71. The lowest BCUT2D eigenvalue weighted by molar-refractivity contribution is -0.137. The highest BCUT2D eigenvalue weighted by molar-refractivity contribution is 7.16. The first-order valence-corrected chi connectivity index (χ1v) is 8.33. The van der Waals surface area contributed by atoms with Gasteiger partial charge >= 0.3 is 5.97 Å². The molecule has 0 saturated carbocycles. The van der Waals surface area contributed by atoms with Crippen molar-refractivity contribution in [2.24, 2.45) is 5.92 Å². The molecule has 0 aliphatic carbocycles. The molecule has 1 N–H and O–H groups in total. The lowest BCUT2D eigenvalue weighted by Gasteiger charge is -2.06. The minimum atomic E-state index is -0.964. The van der Waals surface area contributed by atoms with E-state index in [2.05, 4.69) is 4.98 Å². The van der Waals surface area contributed by atoms with Crippen LogP contribution in [0, 0.1) is 5.92 Å². The molecule has 1 atom stereocenters. The fraction of sp³-hybridized carbons (Fsp3) is 0.167. The third-order valence-corrected chi connectivity index (χ3v) is 4.77. The maximum Gasteiger partial charge on any atom is 0.304 e. The second-order valence-corrected chi connectivity index (χ2v) is 6.55. The highest BCUT2D eigenvalue weighted by atomic mass is 32.1. The van der Waals surface area contributed by atoms with Gasteiger partial charge < -0.3 is 5.11 Å². The largest absolute Gasteiger partial charge is 0.481 e. The van der Waals surface area contributed by atoms with Crippen molar-refractivity contribution in [3.63, 3.8) is 0 Å². The SMILES string of the molecule is CC(CC(=O)O)C(=O)c1ccc(-n2ccnc2-c2ccccc2)s1. The van der Waals surface area contributed by atoms with Crippen molar-refractivity contribution in [2.45, 2.75) is 13.3 Å². The number of hydrogen-bond donors (Lipinski definition) is 1. The molecule has 0 fully saturated rings. The third-order valence-electron chi connectivity index (χ3n) is 3.67. The van der Waals surface area contributed by atoms with Gasteiger partial charge in [-0.2, -0.15) is 0 Å². The Balaban J connectivity index is 1.89. The van der Waals surface area contributed by atoms with Gasteiger partial charge in [0.2, 0.25) is 0 Å². The molecule has 0 aliphatic heterocycles. The Hall–Kier alpha value is -2.73. The number of carbonyl (C=O) groups is 2.